The van der Waals surface area contributed by atoms with Gasteiger partial charge in [0.2, 0.25) is 10.0 Å². The zero-order chi connectivity index (χ0) is 30.5. The number of nitrogens with zero attached hydrogens (tertiary/aromatic N) is 1. The van der Waals surface area contributed by atoms with Gasteiger partial charge < -0.3 is 14.8 Å². The quantitative estimate of drug-likeness (QED) is 0.247. The summed E-state index contributed by atoms with van der Waals surface area (Å²) >= 11 is 0. The average Bonchev–Trinajstić information content (AvgIpc) is 2.96. The summed E-state index contributed by atoms with van der Waals surface area (Å²) in [5, 5.41) is 2.69. The van der Waals surface area contributed by atoms with Gasteiger partial charge >= 0.3 is 0 Å². The molecule has 0 aliphatic heterocycles. The fourth-order valence-electron chi connectivity index (χ4n) is 3.95. The van der Waals surface area contributed by atoms with Crippen LogP contribution >= 0.6 is 0 Å². The van der Waals surface area contributed by atoms with Crippen LogP contribution in [0, 0.1) is 5.82 Å². The van der Waals surface area contributed by atoms with E-state index >= 15 is 0 Å². The summed E-state index contributed by atoms with van der Waals surface area (Å²) in [7, 11) is -4.79. The number of methoxy groups -OCH3 is 2. The summed E-state index contributed by atoms with van der Waals surface area (Å²) in [6, 6.07) is 21.7. The first-order chi connectivity index (χ1) is 19.9. The molecule has 42 heavy (non-hydrogen) atoms. The van der Waals surface area contributed by atoms with Crippen LogP contribution in [0.15, 0.2) is 95.9 Å². The Bertz CT molecular complexity index is 1780. The smallest absolute Gasteiger partial charge is 0.262 e. The van der Waals surface area contributed by atoms with Crippen LogP contribution in [-0.4, -0.2) is 43.2 Å². The van der Waals surface area contributed by atoms with Crippen molar-refractivity contribution in [1.82, 2.24) is 0 Å². The molecule has 0 bridgehead atoms. The lowest BCUT2D eigenvalue weighted by Gasteiger charge is -2.22. The molecule has 2 N–H and O–H groups in total. The Hall–Kier alpha value is -4.62. The molecule has 0 aliphatic carbocycles. The Labute approximate surface area is 243 Å². The average molecular weight is 614 g/mol. The second-order valence-electron chi connectivity index (χ2n) is 9.09. The molecule has 0 atom stereocenters. The van der Waals surface area contributed by atoms with Crippen LogP contribution in [0.3, 0.4) is 0 Å². The number of nitrogens with one attached hydrogen (secondary N) is 2. The molecule has 0 fully saturated rings. The largest absolute Gasteiger partial charge is 0.497 e. The molecule has 10 nitrogen and oxygen atoms in total. The first-order valence-electron chi connectivity index (χ1n) is 12.4. The minimum atomic E-state index is -3.99. The lowest BCUT2D eigenvalue weighted by molar-refractivity contribution is 0.102. The Morgan fingerprint density at radius 1 is 0.833 bits per heavy atom. The summed E-state index contributed by atoms with van der Waals surface area (Å²) in [6.07, 6.45) is 1.06. The molecule has 0 spiro atoms. The van der Waals surface area contributed by atoms with Crippen molar-refractivity contribution in [2.45, 2.75) is 11.4 Å². The number of anilines is 3. The van der Waals surface area contributed by atoms with Gasteiger partial charge in [0.25, 0.3) is 15.9 Å². The van der Waals surface area contributed by atoms with E-state index < -0.39 is 31.8 Å². The fourth-order valence-corrected chi connectivity index (χ4v) is 5.90. The first kappa shape index (κ1) is 30.3. The van der Waals surface area contributed by atoms with Crippen LogP contribution in [0.25, 0.3) is 0 Å². The van der Waals surface area contributed by atoms with Gasteiger partial charge in [0, 0.05) is 17.3 Å². The van der Waals surface area contributed by atoms with Crippen LogP contribution in [-0.2, 0) is 26.6 Å². The highest BCUT2D eigenvalue weighted by Crippen LogP contribution is 2.31. The number of benzene rings is 4. The third kappa shape index (κ3) is 7.36. The molecule has 4 rings (SSSR count). The van der Waals surface area contributed by atoms with E-state index in [-0.39, 0.29) is 22.7 Å². The second-order valence-corrected chi connectivity index (χ2v) is 12.7. The Kier molecular flexibility index (Phi) is 9.02. The summed E-state index contributed by atoms with van der Waals surface area (Å²) in [5.41, 5.74) is 1.71. The van der Waals surface area contributed by atoms with E-state index in [1.807, 2.05) is 0 Å². The van der Waals surface area contributed by atoms with Gasteiger partial charge in [-0.3, -0.25) is 13.8 Å². The van der Waals surface area contributed by atoms with Gasteiger partial charge in [-0.05, 0) is 78.4 Å². The van der Waals surface area contributed by atoms with Crippen LogP contribution in [0.1, 0.15) is 15.9 Å². The number of hydrogen-bond donors (Lipinski definition) is 2. The van der Waals surface area contributed by atoms with Crippen LogP contribution in [0.2, 0.25) is 0 Å². The highest BCUT2D eigenvalue weighted by atomic mass is 32.2. The summed E-state index contributed by atoms with van der Waals surface area (Å²) in [5.74, 6) is -0.163. The number of carbonyl (C=O) groups excluding carboxylic acids is 1. The first-order valence-corrected chi connectivity index (χ1v) is 15.7. The molecule has 0 heterocycles. The molecule has 0 saturated heterocycles. The summed E-state index contributed by atoms with van der Waals surface area (Å²) < 4.78 is 78.0. The van der Waals surface area contributed by atoms with Crippen molar-refractivity contribution in [3.63, 3.8) is 0 Å². The molecule has 0 aromatic heterocycles. The fraction of sp³-hybridized carbons (Fsp3) is 0.138. The SMILES string of the molecule is COc1ccc(OC)c(NS(=O)(=O)c2ccc(NC(=O)c3ccc(N(Cc4ccc(F)cc4)S(C)(=O)=O)cc3)cc2)c1. The Balaban J connectivity index is 1.45. The summed E-state index contributed by atoms with van der Waals surface area (Å²) in [6.45, 7) is -0.0145. The standard InChI is InChI=1S/C29H28FN3O7S2/c1-39-25-14-17-28(40-2)27(18-25)32-42(37,38)26-15-10-23(11-16-26)31-29(34)21-6-12-24(13-7-21)33(41(3,35)36)19-20-4-8-22(30)9-5-20/h4-18,32H,19H2,1-3H3,(H,31,34). The maximum atomic E-state index is 13.3. The second kappa shape index (κ2) is 12.5. The van der Waals surface area contributed by atoms with Crippen molar-refractivity contribution < 1.29 is 35.5 Å². The number of rotatable bonds is 11. The number of carbonyl (C=O) groups is 1. The van der Waals surface area contributed by atoms with Crippen molar-refractivity contribution in [2.24, 2.45) is 0 Å². The third-order valence-corrected chi connectivity index (χ3v) is 8.65. The lowest BCUT2D eigenvalue weighted by atomic mass is 10.1. The Morgan fingerprint density at radius 2 is 1.48 bits per heavy atom. The summed E-state index contributed by atoms with van der Waals surface area (Å²) in [4.78, 5) is 12.8. The normalized spacial score (nSPS) is 11.4. The number of ether oxygens (including phenoxy) is 2. The van der Waals surface area contributed by atoms with Gasteiger partial charge in [-0.1, -0.05) is 12.1 Å². The van der Waals surface area contributed by atoms with Crippen LogP contribution in [0.4, 0.5) is 21.5 Å². The van der Waals surface area contributed by atoms with Gasteiger partial charge in [-0.25, -0.2) is 21.2 Å². The molecule has 1 amide bonds. The van der Waals surface area contributed by atoms with Gasteiger partial charge in [0.1, 0.15) is 17.3 Å². The Morgan fingerprint density at radius 3 is 2.05 bits per heavy atom. The zero-order valence-corrected chi connectivity index (χ0v) is 24.5. The molecule has 0 unspecified atom stereocenters. The molecule has 0 radical (unpaired) electrons. The van der Waals surface area contributed by atoms with E-state index in [2.05, 4.69) is 10.0 Å². The lowest BCUT2D eigenvalue weighted by Crippen LogP contribution is -2.29. The monoisotopic (exact) mass is 613 g/mol. The van der Waals surface area contributed by atoms with Crippen molar-refractivity contribution in [3.05, 3.63) is 108 Å². The molecular weight excluding hydrogens is 585 g/mol. The van der Waals surface area contributed by atoms with Crippen LogP contribution in [0.5, 0.6) is 11.5 Å². The van der Waals surface area contributed by atoms with E-state index in [1.165, 1.54) is 93.1 Å². The highest BCUT2D eigenvalue weighted by molar-refractivity contribution is 7.92. The maximum absolute atomic E-state index is 13.3. The molecule has 4 aromatic carbocycles. The molecular formula is C29H28FN3O7S2. The van der Waals surface area contributed by atoms with Crippen molar-refractivity contribution in [3.8, 4) is 11.5 Å². The van der Waals surface area contributed by atoms with E-state index in [0.717, 1.165) is 10.6 Å². The van der Waals surface area contributed by atoms with Crippen molar-refractivity contribution >= 4 is 43.0 Å². The zero-order valence-electron chi connectivity index (χ0n) is 22.9. The number of halogens is 1. The minimum Gasteiger partial charge on any atom is -0.497 e. The molecule has 0 aliphatic rings. The predicted molar refractivity (Wildman–Crippen MR) is 159 cm³/mol. The van der Waals surface area contributed by atoms with E-state index in [0.29, 0.717) is 28.4 Å². The molecule has 220 valence electrons. The maximum Gasteiger partial charge on any atom is 0.262 e. The van der Waals surface area contributed by atoms with E-state index in [9.17, 15) is 26.0 Å². The van der Waals surface area contributed by atoms with Gasteiger partial charge in [-0.2, -0.15) is 0 Å². The van der Waals surface area contributed by atoms with Gasteiger partial charge in [-0.15, -0.1) is 0 Å². The molecule has 0 saturated carbocycles. The minimum absolute atomic E-state index is 0.0145. The van der Waals surface area contributed by atoms with Gasteiger partial charge in [0.15, 0.2) is 0 Å². The van der Waals surface area contributed by atoms with E-state index in [1.54, 1.807) is 12.1 Å². The number of hydrogen-bond acceptors (Lipinski definition) is 7. The van der Waals surface area contributed by atoms with E-state index in [4.69, 9.17) is 9.47 Å². The number of sulfonamides is 2. The van der Waals surface area contributed by atoms with Gasteiger partial charge in [0.05, 0.1) is 43.3 Å². The molecule has 13 heteroatoms. The van der Waals surface area contributed by atoms with Crippen LogP contribution < -0.4 is 23.8 Å². The number of amides is 1. The van der Waals surface area contributed by atoms with Crippen molar-refractivity contribution in [2.75, 3.05) is 34.8 Å². The predicted octanol–water partition coefficient (Wildman–Crippen LogP) is 4.86. The highest BCUT2D eigenvalue weighted by Gasteiger charge is 2.20. The third-order valence-electron chi connectivity index (χ3n) is 6.13. The molecule has 4 aromatic rings. The van der Waals surface area contributed by atoms with Crippen molar-refractivity contribution in [1.29, 1.82) is 0 Å². The topological polar surface area (TPSA) is 131 Å².